The highest BCUT2D eigenvalue weighted by Crippen LogP contribution is 2.35. The van der Waals surface area contributed by atoms with Gasteiger partial charge in [0, 0.05) is 21.2 Å². The van der Waals surface area contributed by atoms with Gasteiger partial charge in [-0.3, -0.25) is 4.99 Å². The van der Waals surface area contributed by atoms with E-state index >= 15 is 0 Å². The first-order valence-electron chi connectivity index (χ1n) is 8.65. The second kappa shape index (κ2) is 6.95. The van der Waals surface area contributed by atoms with E-state index in [4.69, 9.17) is 33.2 Å². The number of hydrazone groups is 1. The van der Waals surface area contributed by atoms with E-state index in [9.17, 15) is 0 Å². The van der Waals surface area contributed by atoms with Crippen molar-refractivity contribution < 1.29 is 0 Å². The number of amidine groups is 1. The van der Waals surface area contributed by atoms with Crippen molar-refractivity contribution in [1.82, 2.24) is 5.01 Å². The Hall–Kier alpha value is -2.43. The fourth-order valence-corrected chi connectivity index (χ4v) is 3.68. The Bertz CT molecular complexity index is 1040. The van der Waals surface area contributed by atoms with Crippen molar-refractivity contribution in [2.45, 2.75) is 19.9 Å². The van der Waals surface area contributed by atoms with Crippen LogP contribution in [0.1, 0.15) is 23.6 Å². The smallest absolute Gasteiger partial charge is 0.156 e. The van der Waals surface area contributed by atoms with Gasteiger partial charge in [0.05, 0.1) is 23.7 Å². The Morgan fingerprint density at radius 3 is 2.63 bits per heavy atom. The summed E-state index contributed by atoms with van der Waals surface area (Å²) >= 11 is 12.9. The monoisotopic (exact) mass is 396 g/mol. The summed E-state index contributed by atoms with van der Waals surface area (Å²) in [7, 11) is 0. The third-order valence-electron chi connectivity index (χ3n) is 4.64. The van der Waals surface area contributed by atoms with E-state index in [-0.39, 0.29) is 6.04 Å². The van der Waals surface area contributed by atoms with E-state index in [0.717, 1.165) is 39.6 Å². The molecule has 2 aromatic carbocycles. The lowest BCUT2D eigenvalue weighted by Gasteiger charge is -2.14. The molecule has 6 heteroatoms. The van der Waals surface area contributed by atoms with Gasteiger partial charge in [0.15, 0.2) is 5.84 Å². The summed E-state index contributed by atoms with van der Waals surface area (Å²) in [5, 5.41) is 7.75. The average molecular weight is 397 g/mol. The summed E-state index contributed by atoms with van der Waals surface area (Å²) in [6, 6.07) is 11.4. The molecule has 1 unspecified atom stereocenters. The Labute approximate surface area is 168 Å². The molecule has 2 aliphatic heterocycles. The van der Waals surface area contributed by atoms with Crippen LogP contribution in [-0.2, 0) is 0 Å². The fraction of sp³-hybridized carbons (Fsp3) is 0.190. The van der Waals surface area contributed by atoms with Gasteiger partial charge in [0.2, 0.25) is 0 Å². The number of fused-ring (bicyclic) bond motifs is 2. The molecular weight excluding hydrogens is 379 g/mol. The van der Waals surface area contributed by atoms with E-state index in [1.807, 2.05) is 55.3 Å². The van der Waals surface area contributed by atoms with Crippen LogP contribution < -0.4 is 0 Å². The zero-order valence-corrected chi connectivity index (χ0v) is 16.6. The molecule has 1 atom stereocenters. The van der Waals surface area contributed by atoms with Crippen molar-refractivity contribution in [1.29, 1.82) is 0 Å². The molecule has 2 aliphatic rings. The lowest BCUT2D eigenvalue weighted by molar-refractivity contribution is 0.503. The minimum absolute atomic E-state index is 0.261. The highest BCUT2D eigenvalue weighted by molar-refractivity contribution is 6.37. The Kier molecular flexibility index (Phi) is 4.62. The van der Waals surface area contributed by atoms with Gasteiger partial charge in [0.1, 0.15) is 6.04 Å². The molecule has 0 spiro atoms. The Morgan fingerprint density at radius 2 is 1.89 bits per heavy atom. The molecule has 0 aliphatic carbocycles. The van der Waals surface area contributed by atoms with E-state index in [1.165, 1.54) is 0 Å². The standard InChI is InChI=1S/C21H18Cl2N4/c1-4-9-27-21-19(13(3)26-27)25-20(14-7-5-6-8-16(14)22)15-10-12(2)17(23)11-18(15)24-21/h4-8,10-11,19H,1,9H2,2-3H3. The van der Waals surface area contributed by atoms with E-state index in [2.05, 4.69) is 11.7 Å². The van der Waals surface area contributed by atoms with Crippen LogP contribution in [-0.4, -0.2) is 34.9 Å². The lowest BCUT2D eigenvalue weighted by atomic mass is 9.98. The van der Waals surface area contributed by atoms with Gasteiger partial charge in [-0.05, 0) is 37.6 Å². The summed E-state index contributed by atoms with van der Waals surface area (Å²) in [6.45, 7) is 8.32. The number of aryl methyl sites for hydroxylation is 1. The number of nitrogens with zero attached hydrogens (tertiary/aromatic N) is 4. The first kappa shape index (κ1) is 18.0. The van der Waals surface area contributed by atoms with Gasteiger partial charge in [0.25, 0.3) is 0 Å². The zero-order chi connectivity index (χ0) is 19.1. The van der Waals surface area contributed by atoms with Crippen LogP contribution in [0.25, 0.3) is 0 Å². The normalized spacial score (nSPS) is 18.1. The van der Waals surface area contributed by atoms with Crippen LogP contribution in [0.4, 0.5) is 5.69 Å². The predicted molar refractivity (Wildman–Crippen MR) is 114 cm³/mol. The molecule has 0 saturated heterocycles. The molecule has 27 heavy (non-hydrogen) atoms. The summed E-state index contributed by atoms with van der Waals surface area (Å²) in [5.41, 5.74) is 5.20. The van der Waals surface area contributed by atoms with Crippen LogP contribution in [0.5, 0.6) is 0 Å². The van der Waals surface area contributed by atoms with Crippen molar-refractivity contribution in [3.8, 4) is 0 Å². The number of halogens is 2. The summed E-state index contributed by atoms with van der Waals surface area (Å²) in [6.07, 6.45) is 1.80. The Morgan fingerprint density at radius 1 is 1.11 bits per heavy atom. The number of aliphatic imine (C=N–C) groups is 2. The van der Waals surface area contributed by atoms with Gasteiger partial charge < -0.3 is 0 Å². The van der Waals surface area contributed by atoms with Gasteiger partial charge >= 0.3 is 0 Å². The summed E-state index contributed by atoms with van der Waals surface area (Å²) < 4.78 is 0. The van der Waals surface area contributed by atoms with Crippen molar-refractivity contribution in [3.05, 3.63) is 75.8 Å². The molecule has 0 amide bonds. The molecule has 0 aromatic heterocycles. The SMILES string of the molecule is C=CCN1N=C(C)C2N=C(c3ccccc3Cl)c3cc(C)c(Cl)cc3N=C21. The largest absolute Gasteiger partial charge is 0.266 e. The number of rotatable bonds is 3. The van der Waals surface area contributed by atoms with Crippen LogP contribution in [0.15, 0.2) is 64.1 Å². The summed E-state index contributed by atoms with van der Waals surface area (Å²) in [4.78, 5) is 9.94. The molecule has 0 radical (unpaired) electrons. The number of hydrogen-bond donors (Lipinski definition) is 0. The molecule has 2 heterocycles. The number of hydrogen-bond acceptors (Lipinski definition) is 4. The Balaban J connectivity index is 1.99. The maximum absolute atomic E-state index is 6.51. The first-order chi connectivity index (χ1) is 13.0. The molecule has 0 fully saturated rings. The van der Waals surface area contributed by atoms with Crippen molar-refractivity contribution in [2.75, 3.05) is 6.54 Å². The van der Waals surface area contributed by atoms with Crippen molar-refractivity contribution in [2.24, 2.45) is 15.1 Å². The highest BCUT2D eigenvalue weighted by Gasteiger charge is 2.34. The minimum Gasteiger partial charge on any atom is -0.266 e. The topological polar surface area (TPSA) is 40.3 Å². The molecule has 2 aromatic rings. The third kappa shape index (κ3) is 3.09. The highest BCUT2D eigenvalue weighted by atomic mass is 35.5. The van der Waals surface area contributed by atoms with Gasteiger partial charge in [-0.25, -0.2) is 10.0 Å². The van der Waals surface area contributed by atoms with Crippen LogP contribution in [0.2, 0.25) is 10.0 Å². The van der Waals surface area contributed by atoms with Crippen LogP contribution >= 0.6 is 23.2 Å². The third-order valence-corrected chi connectivity index (χ3v) is 5.38. The van der Waals surface area contributed by atoms with Crippen LogP contribution in [0, 0.1) is 6.92 Å². The molecule has 4 rings (SSSR count). The second-order valence-corrected chi connectivity index (χ2v) is 7.38. The molecule has 0 saturated carbocycles. The van der Waals surface area contributed by atoms with Gasteiger partial charge in [-0.2, -0.15) is 5.10 Å². The zero-order valence-electron chi connectivity index (χ0n) is 15.1. The summed E-state index contributed by atoms with van der Waals surface area (Å²) in [5.74, 6) is 0.774. The number of benzene rings is 2. The maximum Gasteiger partial charge on any atom is 0.156 e. The molecule has 136 valence electrons. The molecular formula is C21H18Cl2N4. The van der Waals surface area contributed by atoms with Crippen LogP contribution in [0.3, 0.4) is 0 Å². The van der Waals surface area contributed by atoms with Crippen molar-refractivity contribution in [3.63, 3.8) is 0 Å². The second-order valence-electron chi connectivity index (χ2n) is 6.56. The lowest BCUT2D eigenvalue weighted by Crippen LogP contribution is -2.30. The van der Waals surface area contributed by atoms with Gasteiger partial charge in [-0.15, -0.1) is 6.58 Å². The fourth-order valence-electron chi connectivity index (χ4n) is 3.29. The van der Waals surface area contributed by atoms with Gasteiger partial charge in [-0.1, -0.05) is 47.5 Å². The minimum atomic E-state index is -0.261. The predicted octanol–water partition coefficient (Wildman–Crippen LogP) is 5.43. The molecule has 0 N–H and O–H groups in total. The van der Waals surface area contributed by atoms with Crippen molar-refractivity contribution >= 4 is 46.1 Å². The quantitative estimate of drug-likeness (QED) is 0.637. The average Bonchev–Trinajstić information content (AvgIpc) is 2.82. The van der Waals surface area contributed by atoms with E-state index in [0.29, 0.717) is 16.6 Å². The van der Waals surface area contributed by atoms with E-state index in [1.54, 1.807) is 6.08 Å². The maximum atomic E-state index is 6.51. The first-order valence-corrected chi connectivity index (χ1v) is 9.40. The molecule has 0 bridgehead atoms. The molecule has 4 nitrogen and oxygen atoms in total. The van der Waals surface area contributed by atoms with E-state index < -0.39 is 0 Å².